The molecule has 5 nitrogen and oxygen atoms in total. The number of fused-ring (bicyclic) bond motifs is 2. The van der Waals surface area contributed by atoms with E-state index in [1.807, 2.05) is 18.2 Å². The van der Waals surface area contributed by atoms with E-state index in [2.05, 4.69) is 10.3 Å². The van der Waals surface area contributed by atoms with Gasteiger partial charge in [-0.3, -0.25) is 14.0 Å². The summed E-state index contributed by atoms with van der Waals surface area (Å²) in [7, 11) is 0. The molecule has 1 aromatic carbocycles. The molecule has 5 heteroatoms. The van der Waals surface area contributed by atoms with Gasteiger partial charge in [0.1, 0.15) is 5.65 Å². The van der Waals surface area contributed by atoms with E-state index < -0.39 is 0 Å². The number of hydrogen-bond donors (Lipinski definition) is 1. The molecule has 0 saturated heterocycles. The van der Waals surface area contributed by atoms with Crippen LogP contribution in [0, 0.1) is 0 Å². The SMILES string of the molecule is O=C(NC1CCCCCCC1)c1ccc2nc3ccccc3c(=O)n2c1. The lowest BCUT2D eigenvalue weighted by Gasteiger charge is -2.21. The lowest BCUT2D eigenvalue weighted by molar-refractivity contribution is 0.0930. The van der Waals surface area contributed by atoms with Crippen LogP contribution >= 0.6 is 0 Å². The molecule has 1 aliphatic carbocycles. The Balaban J connectivity index is 1.63. The first kappa shape index (κ1) is 16.8. The smallest absolute Gasteiger partial charge is 0.265 e. The van der Waals surface area contributed by atoms with Crippen LogP contribution in [0.1, 0.15) is 55.3 Å². The van der Waals surface area contributed by atoms with E-state index in [9.17, 15) is 9.59 Å². The maximum atomic E-state index is 12.7. The molecule has 1 N–H and O–H groups in total. The zero-order chi connectivity index (χ0) is 17.9. The zero-order valence-electron chi connectivity index (χ0n) is 14.8. The second-order valence-corrected chi connectivity index (χ2v) is 7.10. The van der Waals surface area contributed by atoms with E-state index in [0.717, 1.165) is 25.7 Å². The van der Waals surface area contributed by atoms with Crippen LogP contribution in [0.4, 0.5) is 0 Å². The molecule has 26 heavy (non-hydrogen) atoms. The third-order valence-corrected chi connectivity index (χ3v) is 5.22. The van der Waals surface area contributed by atoms with E-state index in [1.165, 1.54) is 23.7 Å². The third-order valence-electron chi connectivity index (χ3n) is 5.22. The second kappa shape index (κ2) is 7.28. The highest BCUT2D eigenvalue weighted by Crippen LogP contribution is 2.18. The monoisotopic (exact) mass is 349 g/mol. The third kappa shape index (κ3) is 3.34. The van der Waals surface area contributed by atoms with E-state index >= 15 is 0 Å². The quantitative estimate of drug-likeness (QED) is 0.718. The summed E-state index contributed by atoms with van der Waals surface area (Å²) in [4.78, 5) is 29.9. The standard InChI is InChI=1S/C21H23N3O2/c25-20(22-16-8-4-2-1-3-5-9-16)15-12-13-19-23-18-11-7-6-10-17(18)21(26)24(19)14-15/h6-7,10-14,16H,1-5,8-9H2,(H,22,25). The molecule has 2 aromatic heterocycles. The van der Waals surface area contributed by atoms with Crippen LogP contribution in [0.2, 0.25) is 0 Å². The number of benzene rings is 1. The van der Waals surface area contributed by atoms with Crippen molar-refractivity contribution in [1.29, 1.82) is 0 Å². The Morgan fingerprint density at radius 2 is 1.73 bits per heavy atom. The van der Waals surface area contributed by atoms with Gasteiger partial charge in [0.25, 0.3) is 11.5 Å². The highest BCUT2D eigenvalue weighted by atomic mass is 16.2. The van der Waals surface area contributed by atoms with Crippen LogP contribution in [0.5, 0.6) is 0 Å². The minimum Gasteiger partial charge on any atom is -0.349 e. The van der Waals surface area contributed by atoms with Gasteiger partial charge in [0, 0.05) is 12.2 Å². The molecule has 134 valence electrons. The fourth-order valence-electron chi connectivity index (χ4n) is 3.76. The molecule has 4 rings (SSSR count). The van der Waals surface area contributed by atoms with Gasteiger partial charge < -0.3 is 5.32 Å². The molecule has 0 radical (unpaired) electrons. The summed E-state index contributed by atoms with van der Waals surface area (Å²) in [5, 5.41) is 3.71. The van der Waals surface area contributed by atoms with E-state index in [1.54, 1.807) is 24.4 Å². The molecule has 3 aromatic rings. The minimum absolute atomic E-state index is 0.113. The maximum Gasteiger partial charge on any atom is 0.265 e. The van der Waals surface area contributed by atoms with Crippen molar-refractivity contribution in [2.24, 2.45) is 0 Å². The summed E-state index contributed by atoms with van der Waals surface area (Å²) in [5.74, 6) is -0.113. The molecule has 1 aliphatic rings. The number of aromatic nitrogens is 2. The van der Waals surface area contributed by atoms with Crippen LogP contribution in [0.25, 0.3) is 16.6 Å². The maximum absolute atomic E-state index is 12.7. The molecule has 1 saturated carbocycles. The van der Waals surface area contributed by atoms with Crippen molar-refractivity contribution in [1.82, 2.24) is 14.7 Å². The van der Waals surface area contributed by atoms with Gasteiger partial charge in [0.05, 0.1) is 16.5 Å². The molecule has 0 atom stereocenters. The summed E-state index contributed by atoms with van der Waals surface area (Å²) >= 11 is 0. The number of hydrogen-bond acceptors (Lipinski definition) is 3. The van der Waals surface area contributed by atoms with Crippen LogP contribution < -0.4 is 10.9 Å². The molecule has 0 bridgehead atoms. The van der Waals surface area contributed by atoms with Crippen LogP contribution in [-0.2, 0) is 0 Å². The van der Waals surface area contributed by atoms with E-state index in [0.29, 0.717) is 22.1 Å². The van der Waals surface area contributed by atoms with Crippen molar-refractivity contribution < 1.29 is 4.79 Å². The van der Waals surface area contributed by atoms with E-state index in [-0.39, 0.29) is 17.5 Å². The van der Waals surface area contributed by atoms with Gasteiger partial charge in [-0.15, -0.1) is 0 Å². The molecule has 0 unspecified atom stereocenters. The number of para-hydroxylation sites is 1. The predicted molar refractivity (Wildman–Crippen MR) is 103 cm³/mol. The van der Waals surface area contributed by atoms with Crippen molar-refractivity contribution in [3.63, 3.8) is 0 Å². The van der Waals surface area contributed by atoms with Crippen molar-refractivity contribution >= 4 is 22.5 Å². The summed E-state index contributed by atoms with van der Waals surface area (Å²) in [6.07, 6.45) is 9.80. The van der Waals surface area contributed by atoms with Crippen molar-refractivity contribution in [2.75, 3.05) is 0 Å². The Morgan fingerprint density at radius 3 is 2.54 bits per heavy atom. The molecule has 2 heterocycles. The molecule has 1 fully saturated rings. The molecule has 0 spiro atoms. The van der Waals surface area contributed by atoms with Gasteiger partial charge in [0.2, 0.25) is 0 Å². The summed E-state index contributed by atoms with van der Waals surface area (Å²) < 4.78 is 1.47. The zero-order valence-corrected chi connectivity index (χ0v) is 14.8. The molecule has 1 amide bonds. The first-order valence-corrected chi connectivity index (χ1v) is 9.44. The molecule has 0 aliphatic heterocycles. The fourth-order valence-corrected chi connectivity index (χ4v) is 3.76. The van der Waals surface area contributed by atoms with Gasteiger partial charge in [-0.05, 0) is 37.1 Å². The summed E-state index contributed by atoms with van der Waals surface area (Å²) in [5.41, 5.74) is 1.57. The number of amides is 1. The topological polar surface area (TPSA) is 63.5 Å². The highest BCUT2D eigenvalue weighted by molar-refractivity contribution is 5.94. The molecular formula is C21H23N3O2. The van der Waals surface area contributed by atoms with Gasteiger partial charge >= 0.3 is 0 Å². The van der Waals surface area contributed by atoms with Crippen LogP contribution in [0.15, 0.2) is 47.4 Å². The van der Waals surface area contributed by atoms with Crippen molar-refractivity contribution in [3.8, 4) is 0 Å². The Hall–Kier alpha value is -2.69. The Morgan fingerprint density at radius 1 is 1.00 bits per heavy atom. The van der Waals surface area contributed by atoms with Crippen LogP contribution in [0.3, 0.4) is 0 Å². The summed E-state index contributed by atoms with van der Waals surface area (Å²) in [6, 6.07) is 11.0. The number of carbonyl (C=O) groups excluding carboxylic acids is 1. The van der Waals surface area contributed by atoms with Crippen molar-refractivity contribution in [2.45, 2.75) is 51.0 Å². The lowest BCUT2D eigenvalue weighted by atomic mass is 9.96. The van der Waals surface area contributed by atoms with Gasteiger partial charge in [0.15, 0.2) is 0 Å². The fraction of sp³-hybridized carbons (Fsp3) is 0.381. The van der Waals surface area contributed by atoms with Crippen LogP contribution in [-0.4, -0.2) is 21.3 Å². The first-order valence-electron chi connectivity index (χ1n) is 9.44. The van der Waals surface area contributed by atoms with Gasteiger partial charge in [-0.25, -0.2) is 4.98 Å². The predicted octanol–water partition coefficient (Wildman–Crippen LogP) is 3.69. The number of carbonyl (C=O) groups is 1. The first-order chi connectivity index (χ1) is 12.7. The normalized spacial score (nSPS) is 16.3. The second-order valence-electron chi connectivity index (χ2n) is 7.10. The lowest BCUT2D eigenvalue weighted by Crippen LogP contribution is -2.35. The van der Waals surface area contributed by atoms with Gasteiger partial charge in [-0.1, -0.05) is 44.2 Å². The van der Waals surface area contributed by atoms with Crippen molar-refractivity contribution in [3.05, 3.63) is 58.5 Å². The van der Waals surface area contributed by atoms with E-state index in [4.69, 9.17) is 0 Å². The summed E-state index contributed by atoms with van der Waals surface area (Å²) in [6.45, 7) is 0. The Labute approximate surface area is 152 Å². The number of rotatable bonds is 2. The number of pyridine rings is 1. The Bertz CT molecular complexity index is 1000. The average Bonchev–Trinajstić information content (AvgIpc) is 2.64. The number of nitrogens with one attached hydrogen (secondary N) is 1. The van der Waals surface area contributed by atoms with Gasteiger partial charge in [-0.2, -0.15) is 0 Å². The number of nitrogens with zero attached hydrogens (tertiary/aromatic N) is 2. The molecular weight excluding hydrogens is 326 g/mol. The largest absolute Gasteiger partial charge is 0.349 e. The highest BCUT2D eigenvalue weighted by Gasteiger charge is 2.16. The Kier molecular flexibility index (Phi) is 4.69. The average molecular weight is 349 g/mol. The minimum atomic E-state index is -0.147.